The minimum absolute atomic E-state index is 0.306. The number of hydrogen-bond donors (Lipinski definition) is 3. The van der Waals surface area contributed by atoms with Crippen LogP contribution in [0.4, 0.5) is 19.3 Å². The maximum atomic E-state index is 13.1. The number of urea groups is 1. The molecule has 0 aliphatic heterocycles. The van der Waals surface area contributed by atoms with E-state index in [0.29, 0.717) is 25.1 Å². The molecule has 1 rings (SSSR count). The lowest BCUT2D eigenvalue weighted by molar-refractivity contribution is 0.0697. The summed E-state index contributed by atoms with van der Waals surface area (Å²) in [7, 11) is 0. The number of carboxylic acid groups (broad SMARTS) is 1. The van der Waals surface area contributed by atoms with Gasteiger partial charge in [-0.3, -0.25) is 0 Å². The summed E-state index contributed by atoms with van der Waals surface area (Å²) in [5, 5.41) is 13.5. The highest BCUT2D eigenvalue weighted by molar-refractivity contribution is 6.00. The van der Waals surface area contributed by atoms with E-state index in [1.54, 1.807) is 0 Å². The third-order valence-electron chi connectivity index (χ3n) is 2.37. The number of carbonyl (C=O) groups is 2. The number of allylic oxidation sites excluding steroid dienone is 1. The van der Waals surface area contributed by atoms with Gasteiger partial charge in [-0.15, -0.1) is 0 Å². The third-order valence-corrected chi connectivity index (χ3v) is 2.37. The highest BCUT2D eigenvalue weighted by atomic mass is 19.2. The number of carboxylic acids is 1. The van der Waals surface area contributed by atoms with Crippen molar-refractivity contribution in [2.75, 3.05) is 11.9 Å². The minimum atomic E-state index is -1.46. The molecule has 0 atom stereocenters. The standard InChI is InChI=1S/C13H14F2N2O3/c1-2-3-4-5-16-13(20)17-11-7-10(15)9(14)6-8(11)12(18)19/h2-3,6-7H,4-5H2,1H3,(H,18,19)(H2,16,17,20)/b3-2+. The van der Waals surface area contributed by atoms with Crippen molar-refractivity contribution >= 4 is 17.7 Å². The number of nitrogens with one attached hydrogen (secondary N) is 2. The van der Waals surface area contributed by atoms with Gasteiger partial charge in [-0.1, -0.05) is 12.2 Å². The number of rotatable bonds is 5. The Bertz CT molecular complexity index is 545. The van der Waals surface area contributed by atoms with Crippen LogP contribution in [0.2, 0.25) is 0 Å². The molecular formula is C13H14F2N2O3. The number of carbonyl (C=O) groups excluding carboxylic acids is 1. The Morgan fingerprint density at radius 3 is 2.55 bits per heavy atom. The number of amides is 2. The normalized spacial score (nSPS) is 10.6. The molecule has 0 aromatic heterocycles. The topological polar surface area (TPSA) is 78.4 Å². The smallest absolute Gasteiger partial charge is 0.337 e. The quantitative estimate of drug-likeness (QED) is 0.574. The van der Waals surface area contributed by atoms with Crippen LogP contribution in [-0.4, -0.2) is 23.7 Å². The van der Waals surface area contributed by atoms with Gasteiger partial charge in [-0.05, 0) is 19.4 Å². The van der Waals surface area contributed by atoms with Crippen molar-refractivity contribution in [2.24, 2.45) is 0 Å². The Morgan fingerprint density at radius 1 is 1.30 bits per heavy atom. The van der Waals surface area contributed by atoms with Crippen molar-refractivity contribution in [3.05, 3.63) is 41.5 Å². The lowest BCUT2D eigenvalue weighted by Gasteiger charge is -2.10. The van der Waals surface area contributed by atoms with Crippen LogP contribution < -0.4 is 10.6 Å². The molecule has 0 unspecified atom stereocenters. The molecular weight excluding hydrogens is 270 g/mol. The fourth-order valence-corrected chi connectivity index (χ4v) is 1.43. The van der Waals surface area contributed by atoms with Crippen molar-refractivity contribution in [1.82, 2.24) is 5.32 Å². The SMILES string of the molecule is C/C=C/CCNC(=O)Nc1cc(F)c(F)cc1C(=O)O. The van der Waals surface area contributed by atoms with Gasteiger partial charge < -0.3 is 15.7 Å². The van der Waals surface area contributed by atoms with Crippen LogP contribution in [0.5, 0.6) is 0 Å². The Labute approximate surface area is 114 Å². The zero-order chi connectivity index (χ0) is 15.1. The fraction of sp³-hybridized carbons (Fsp3) is 0.231. The van der Waals surface area contributed by atoms with Crippen LogP contribution in [-0.2, 0) is 0 Å². The molecule has 0 radical (unpaired) electrons. The number of anilines is 1. The molecule has 0 fully saturated rings. The maximum Gasteiger partial charge on any atom is 0.337 e. The van der Waals surface area contributed by atoms with E-state index in [1.165, 1.54) is 0 Å². The molecule has 3 N–H and O–H groups in total. The Balaban J connectivity index is 2.78. The molecule has 7 heteroatoms. The van der Waals surface area contributed by atoms with Gasteiger partial charge in [-0.2, -0.15) is 0 Å². The predicted octanol–water partition coefficient (Wildman–Crippen LogP) is 2.75. The first-order chi connectivity index (χ1) is 9.45. The van der Waals surface area contributed by atoms with Gasteiger partial charge in [0, 0.05) is 12.6 Å². The predicted molar refractivity (Wildman–Crippen MR) is 69.8 cm³/mol. The van der Waals surface area contributed by atoms with Gasteiger partial charge in [0.25, 0.3) is 0 Å². The Morgan fingerprint density at radius 2 is 1.95 bits per heavy atom. The van der Waals surface area contributed by atoms with Gasteiger partial charge in [0.15, 0.2) is 11.6 Å². The van der Waals surface area contributed by atoms with Gasteiger partial charge in [0.05, 0.1) is 11.3 Å². The van der Waals surface area contributed by atoms with E-state index in [1.807, 2.05) is 19.1 Å². The first kappa shape index (κ1) is 15.6. The second-order valence-electron chi connectivity index (χ2n) is 3.86. The van der Waals surface area contributed by atoms with Crippen LogP contribution in [0.15, 0.2) is 24.3 Å². The van der Waals surface area contributed by atoms with Gasteiger partial charge in [0.2, 0.25) is 0 Å². The maximum absolute atomic E-state index is 13.1. The van der Waals surface area contributed by atoms with Crippen molar-refractivity contribution in [2.45, 2.75) is 13.3 Å². The van der Waals surface area contributed by atoms with Crippen molar-refractivity contribution in [1.29, 1.82) is 0 Å². The average Bonchev–Trinajstić information content (AvgIpc) is 2.38. The van der Waals surface area contributed by atoms with Gasteiger partial charge >= 0.3 is 12.0 Å². The summed E-state index contributed by atoms with van der Waals surface area (Å²) in [5.41, 5.74) is -0.826. The second-order valence-corrected chi connectivity index (χ2v) is 3.86. The van der Waals surface area contributed by atoms with Crippen molar-refractivity contribution in [3.63, 3.8) is 0 Å². The number of halogens is 2. The summed E-state index contributed by atoms with van der Waals surface area (Å²) >= 11 is 0. The molecule has 0 aliphatic carbocycles. The average molecular weight is 284 g/mol. The van der Waals surface area contributed by atoms with Gasteiger partial charge in [-0.25, -0.2) is 18.4 Å². The Kier molecular flexibility index (Phi) is 5.64. The molecule has 108 valence electrons. The van der Waals surface area contributed by atoms with Crippen LogP contribution in [0, 0.1) is 11.6 Å². The summed E-state index contributed by atoms with van der Waals surface area (Å²) in [5.74, 6) is -3.99. The first-order valence-electron chi connectivity index (χ1n) is 5.84. The number of aromatic carboxylic acids is 1. The zero-order valence-corrected chi connectivity index (χ0v) is 10.7. The van der Waals surface area contributed by atoms with E-state index >= 15 is 0 Å². The molecule has 1 aromatic rings. The molecule has 0 aliphatic rings. The van der Waals surface area contributed by atoms with E-state index in [0.717, 1.165) is 0 Å². The van der Waals surface area contributed by atoms with Crippen LogP contribution >= 0.6 is 0 Å². The highest BCUT2D eigenvalue weighted by Crippen LogP contribution is 2.20. The second kappa shape index (κ2) is 7.22. The summed E-state index contributed by atoms with van der Waals surface area (Å²) in [6, 6.07) is 0.459. The van der Waals surface area contributed by atoms with E-state index < -0.39 is 29.2 Å². The fourth-order valence-electron chi connectivity index (χ4n) is 1.43. The summed E-state index contributed by atoms with van der Waals surface area (Å²) < 4.78 is 26.0. The van der Waals surface area contributed by atoms with E-state index in [-0.39, 0.29) is 5.69 Å². The molecule has 0 saturated carbocycles. The highest BCUT2D eigenvalue weighted by Gasteiger charge is 2.16. The van der Waals surface area contributed by atoms with Gasteiger partial charge in [0.1, 0.15) is 0 Å². The molecule has 1 aromatic carbocycles. The monoisotopic (exact) mass is 284 g/mol. The number of hydrogen-bond acceptors (Lipinski definition) is 2. The lowest BCUT2D eigenvalue weighted by atomic mass is 10.1. The van der Waals surface area contributed by atoms with E-state index in [4.69, 9.17) is 5.11 Å². The minimum Gasteiger partial charge on any atom is -0.478 e. The molecule has 0 heterocycles. The van der Waals surface area contributed by atoms with Crippen LogP contribution in [0.25, 0.3) is 0 Å². The summed E-state index contributed by atoms with van der Waals surface area (Å²) in [6.07, 6.45) is 4.26. The van der Waals surface area contributed by atoms with Crippen molar-refractivity contribution < 1.29 is 23.5 Å². The van der Waals surface area contributed by atoms with E-state index in [2.05, 4.69) is 10.6 Å². The molecule has 0 spiro atoms. The largest absolute Gasteiger partial charge is 0.478 e. The first-order valence-corrected chi connectivity index (χ1v) is 5.84. The summed E-state index contributed by atoms with van der Waals surface area (Å²) in [4.78, 5) is 22.4. The molecule has 5 nitrogen and oxygen atoms in total. The van der Waals surface area contributed by atoms with Crippen LogP contribution in [0.3, 0.4) is 0 Å². The summed E-state index contributed by atoms with van der Waals surface area (Å²) in [6.45, 7) is 2.17. The molecule has 0 bridgehead atoms. The Hall–Kier alpha value is -2.44. The van der Waals surface area contributed by atoms with Crippen molar-refractivity contribution in [3.8, 4) is 0 Å². The van der Waals surface area contributed by atoms with E-state index in [9.17, 15) is 18.4 Å². The molecule has 20 heavy (non-hydrogen) atoms. The van der Waals surface area contributed by atoms with Crippen LogP contribution in [0.1, 0.15) is 23.7 Å². The molecule has 2 amide bonds. The third kappa shape index (κ3) is 4.34. The molecule has 0 saturated heterocycles. The zero-order valence-electron chi connectivity index (χ0n) is 10.7. The number of benzene rings is 1. The lowest BCUT2D eigenvalue weighted by Crippen LogP contribution is -2.30.